The third-order valence-electron chi connectivity index (χ3n) is 7.83. The van der Waals surface area contributed by atoms with Crippen LogP contribution >= 0.6 is 0 Å². The highest BCUT2D eigenvalue weighted by atomic mass is 16.6. The molecule has 3 aromatic rings. The van der Waals surface area contributed by atoms with E-state index in [2.05, 4.69) is 35.5 Å². The lowest BCUT2D eigenvalue weighted by atomic mass is 9.86. The Labute approximate surface area is 241 Å². The third kappa shape index (κ3) is 7.35. The maximum atomic E-state index is 12.2. The highest BCUT2D eigenvalue weighted by Gasteiger charge is 2.26. The van der Waals surface area contributed by atoms with Crippen LogP contribution in [0.15, 0.2) is 24.5 Å². The van der Waals surface area contributed by atoms with Crippen LogP contribution in [0, 0.1) is 5.92 Å². The van der Waals surface area contributed by atoms with Crippen molar-refractivity contribution in [1.29, 1.82) is 0 Å². The van der Waals surface area contributed by atoms with Crippen molar-refractivity contribution in [2.45, 2.75) is 83.6 Å². The zero-order valence-corrected chi connectivity index (χ0v) is 24.8. The first-order chi connectivity index (χ1) is 19.7. The summed E-state index contributed by atoms with van der Waals surface area (Å²) in [6.07, 6.45) is 9.42. The maximum Gasteiger partial charge on any atom is 0.407 e. The van der Waals surface area contributed by atoms with Gasteiger partial charge in [-0.05, 0) is 71.3 Å². The van der Waals surface area contributed by atoms with Gasteiger partial charge < -0.3 is 30.3 Å². The molecule has 0 bridgehead atoms. The number of rotatable bonds is 8. The van der Waals surface area contributed by atoms with Gasteiger partial charge in [0.1, 0.15) is 17.2 Å². The smallest absolute Gasteiger partial charge is 0.407 e. The second-order valence-electron chi connectivity index (χ2n) is 12.0. The molecule has 12 heteroatoms. The van der Waals surface area contributed by atoms with Crippen molar-refractivity contribution in [1.82, 2.24) is 30.0 Å². The molecule has 3 aromatic heterocycles. The fourth-order valence-electron chi connectivity index (χ4n) is 5.66. The highest BCUT2D eigenvalue weighted by Crippen LogP contribution is 2.30. The second kappa shape index (κ2) is 12.5. The zero-order valence-electron chi connectivity index (χ0n) is 24.8. The van der Waals surface area contributed by atoms with Crippen LogP contribution in [-0.2, 0) is 16.0 Å². The Morgan fingerprint density at radius 3 is 2.51 bits per heavy atom. The van der Waals surface area contributed by atoms with Crippen LogP contribution in [0.3, 0.4) is 0 Å². The van der Waals surface area contributed by atoms with E-state index >= 15 is 0 Å². The van der Waals surface area contributed by atoms with E-state index in [1.807, 2.05) is 46.1 Å². The molecule has 1 saturated carbocycles. The standard InChI is InChI=1S/C29H43N9O3/c1-29(2,3)41-28(39)33-20-8-6-19(7-9-20)18-38-23-16-25(32-17-22(23)26(30-4)36-38)34-24-10-13-31-27(35-24)37-14-11-21(40-5)12-15-37/h10,13,16-17,19-21H,6-9,11-12,14-15,18H2,1-5H3,(H,30,36)(H,33,39)(H,31,32,34,35)/t19-,20-. The van der Waals surface area contributed by atoms with Gasteiger partial charge in [0.05, 0.1) is 17.0 Å². The van der Waals surface area contributed by atoms with E-state index in [1.54, 1.807) is 13.3 Å². The summed E-state index contributed by atoms with van der Waals surface area (Å²) in [7, 11) is 3.65. The zero-order chi connectivity index (χ0) is 29.0. The first-order valence-corrected chi connectivity index (χ1v) is 14.6. The number of piperidine rings is 1. The number of methoxy groups -OCH3 is 1. The van der Waals surface area contributed by atoms with Crippen molar-refractivity contribution in [3.05, 3.63) is 24.5 Å². The molecule has 0 radical (unpaired) electrons. The Balaban J connectivity index is 1.24. The molecule has 2 fully saturated rings. The predicted octanol–water partition coefficient (Wildman–Crippen LogP) is 4.71. The lowest BCUT2D eigenvalue weighted by Crippen LogP contribution is -2.41. The second-order valence-corrected chi connectivity index (χ2v) is 12.0. The predicted molar refractivity (Wildman–Crippen MR) is 160 cm³/mol. The van der Waals surface area contributed by atoms with E-state index in [1.165, 1.54) is 0 Å². The summed E-state index contributed by atoms with van der Waals surface area (Å²) in [6, 6.07) is 4.04. The van der Waals surface area contributed by atoms with Crippen LogP contribution < -0.4 is 20.9 Å². The van der Waals surface area contributed by atoms with E-state index in [4.69, 9.17) is 19.6 Å². The molecule has 12 nitrogen and oxygen atoms in total. The van der Waals surface area contributed by atoms with Gasteiger partial charge in [-0.1, -0.05) is 0 Å². The number of alkyl carbamates (subject to hydrolysis) is 1. The van der Waals surface area contributed by atoms with E-state index in [9.17, 15) is 4.79 Å². The Morgan fingerprint density at radius 2 is 1.83 bits per heavy atom. The number of fused-ring (bicyclic) bond motifs is 1. The molecular formula is C29H43N9O3. The van der Waals surface area contributed by atoms with E-state index in [-0.39, 0.29) is 12.1 Å². The van der Waals surface area contributed by atoms with Gasteiger partial charge in [0, 0.05) is 58.3 Å². The molecule has 1 aliphatic carbocycles. The average Bonchev–Trinajstić information content (AvgIpc) is 3.30. The fourth-order valence-corrected chi connectivity index (χ4v) is 5.66. The SMILES string of the molecule is CNc1nn(C[C@H]2CC[C@H](NC(=O)OC(C)(C)C)CC2)c2cc(Nc3ccnc(N4CCC(OC)CC4)n3)ncc12. The summed E-state index contributed by atoms with van der Waals surface area (Å²) < 4.78 is 13.0. The number of hydrogen-bond acceptors (Lipinski definition) is 10. The maximum absolute atomic E-state index is 12.2. The summed E-state index contributed by atoms with van der Waals surface area (Å²) in [5.74, 6) is 3.39. The molecule has 4 heterocycles. The number of carbonyl (C=O) groups is 1. The Morgan fingerprint density at radius 1 is 1.07 bits per heavy atom. The van der Waals surface area contributed by atoms with Crippen LogP contribution in [0.2, 0.25) is 0 Å². The normalized spacial score (nSPS) is 20.2. The number of amides is 1. The van der Waals surface area contributed by atoms with Crippen molar-refractivity contribution < 1.29 is 14.3 Å². The lowest BCUT2D eigenvalue weighted by molar-refractivity contribution is 0.0486. The van der Waals surface area contributed by atoms with Crippen LogP contribution in [0.4, 0.5) is 28.2 Å². The monoisotopic (exact) mass is 565 g/mol. The number of anilines is 4. The Bertz CT molecular complexity index is 1320. The van der Waals surface area contributed by atoms with Gasteiger partial charge in [0.15, 0.2) is 5.82 Å². The van der Waals surface area contributed by atoms with Gasteiger partial charge in [0.25, 0.3) is 0 Å². The summed E-state index contributed by atoms with van der Waals surface area (Å²) in [5.41, 5.74) is 0.518. The number of nitrogens with zero attached hydrogens (tertiary/aromatic N) is 6. The van der Waals surface area contributed by atoms with Gasteiger partial charge in [-0.2, -0.15) is 10.1 Å². The topological polar surface area (TPSA) is 131 Å². The largest absolute Gasteiger partial charge is 0.444 e. The first kappa shape index (κ1) is 28.8. The quantitative estimate of drug-likeness (QED) is 0.353. The Hall–Kier alpha value is -3.67. The third-order valence-corrected chi connectivity index (χ3v) is 7.83. The molecule has 0 aromatic carbocycles. The van der Waals surface area contributed by atoms with Gasteiger partial charge in [-0.15, -0.1) is 0 Å². The highest BCUT2D eigenvalue weighted by molar-refractivity contribution is 5.91. The van der Waals surface area contributed by atoms with Crippen LogP contribution in [0.1, 0.15) is 59.3 Å². The molecule has 0 atom stereocenters. The molecule has 222 valence electrons. The number of carbonyl (C=O) groups excluding carboxylic acids is 1. The first-order valence-electron chi connectivity index (χ1n) is 14.6. The van der Waals surface area contributed by atoms with E-state index in [0.717, 1.165) is 74.9 Å². The molecule has 2 aliphatic rings. The molecule has 5 rings (SSSR count). The molecule has 3 N–H and O–H groups in total. The molecule has 41 heavy (non-hydrogen) atoms. The molecule has 1 saturated heterocycles. The Kier molecular flexibility index (Phi) is 8.77. The fraction of sp³-hybridized carbons (Fsp3) is 0.621. The molecule has 0 spiro atoms. The molecule has 1 aliphatic heterocycles. The van der Waals surface area contributed by atoms with Gasteiger partial charge in [0.2, 0.25) is 5.95 Å². The molecule has 1 amide bonds. The number of ether oxygens (including phenoxy) is 2. The minimum absolute atomic E-state index is 0.146. The van der Waals surface area contributed by atoms with Crippen molar-refractivity contribution in [3.8, 4) is 0 Å². The van der Waals surface area contributed by atoms with Crippen molar-refractivity contribution >= 4 is 40.4 Å². The summed E-state index contributed by atoms with van der Waals surface area (Å²) in [6.45, 7) is 8.19. The summed E-state index contributed by atoms with van der Waals surface area (Å²) >= 11 is 0. The molecular weight excluding hydrogens is 522 g/mol. The summed E-state index contributed by atoms with van der Waals surface area (Å²) in [5, 5.41) is 15.4. The van der Waals surface area contributed by atoms with Gasteiger partial charge >= 0.3 is 6.09 Å². The van der Waals surface area contributed by atoms with Crippen LogP contribution in [0.25, 0.3) is 10.9 Å². The number of hydrogen-bond donors (Lipinski definition) is 3. The summed E-state index contributed by atoms with van der Waals surface area (Å²) in [4.78, 5) is 28.3. The molecule has 0 unspecified atom stereocenters. The lowest BCUT2D eigenvalue weighted by Gasteiger charge is -2.31. The minimum Gasteiger partial charge on any atom is -0.444 e. The van der Waals surface area contributed by atoms with Gasteiger partial charge in [-0.25, -0.2) is 14.8 Å². The van der Waals surface area contributed by atoms with Crippen molar-refractivity contribution in [2.75, 3.05) is 42.8 Å². The van der Waals surface area contributed by atoms with Gasteiger partial charge in [-0.3, -0.25) is 4.68 Å². The number of pyridine rings is 1. The van der Waals surface area contributed by atoms with Crippen LogP contribution in [-0.4, -0.2) is 75.8 Å². The van der Waals surface area contributed by atoms with Crippen molar-refractivity contribution in [2.24, 2.45) is 5.92 Å². The minimum atomic E-state index is -0.493. The average molecular weight is 566 g/mol. The van der Waals surface area contributed by atoms with E-state index < -0.39 is 5.60 Å². The number of aromatic nitrogens is 5. The number of nitrogens with one attached hydrogen (secondary N) is 3. The van der Waals surface area contributed by atoms with Crippen molar-refractivity contribution in [3.63, 3.8) is 0 Å². The van der Waals surface area contributed by atoms with Crippen LogP contribution in [0.5, 0.6) is 0 Å². The van der Waals surface area contributed by atoms with E-state index in [0.29, 0.717) is 29.6 Å².